The summed E-state index contributed by atoms with van der Waals surface area (Å²) < 4.78 is 31.7. The molecule has 0 radical (unpaired) electrons. The molecule has 6 nitrogen and oxygen atoms in total. The Labute approximate surface area is 160 Å². The molecule has 0 spiro atoms. The average Bonchev–Trinajstić information content (AvgIpc) is 3.18. The Kier molecular flexibility index (Phi) is 6.26. The van der Waals surface area contributed by atoms with Crippen molar-refractivity contribution in [1.82, 2.24) is 9.62 Å². The number of hydrogen-bond acceptors (Lipinski definition) is 4. The zero-order valence-corrected chi connectivity index (χ0v) is 16.1. The minimum atomic E-state index is -3.60. The highest BCUT2D eigenvalue weighted by Gasteiger charge is 2.30. The molecule has 0 aromatic heterocycles. The molecule has 1 aliphatic rings. The standard InChI is InChI=1S/C20H24N2O4S/c1-26-15-13-21-27(24,25)18-11-9-17(10-12-18)20(23)22-14-5-8-19(22)16-6-3-2-4-7-16/h2-4,6-7,9-12,19,21H,5,8,13-15H2,1H3/t19-/m0/s1. The Balaban J connectivity index is 1.74. The predicted molar refractivity (Wildman–Crippen MR) is 103 cm³/mol. The van der Waals surface area contributed by atoms with Crippen molar-refractivity contribution in [2.45, 2.75) is 23.8 Å². The highest BCUT2D eigenvalue weighted by Crippen LogP contribution is 2.33. The van der Waals surface area contributed by atoms with Gasteiger partial charge in [0.15, 0.2) is 0 Å². The number of nitrogens with zero attached hydrogens (tertiary/aromatic N) is 1. The van der Waals surface area contributed by atoms with E-state index >= 15 is 0 Å². The van der Waals surface area contributed by atoms with E-state index in [4.69, 9.17) is 4.74 Å². The minimum Gasteiger partial charge on any atom is -0.383 e. The number of carbonyl (C=O) groups is 1. The molecule has 1 atom stereocenters. The van der Waals surface area contributed by atoms with Gasteiger partial charge >= 0.3 is 0 Å². The van der Waals surface area contributed by atoms with E-state index in [9.17, 15) is 13.2 Å². The number of nitrogens with one attached hydrogen (secondary N) is 1. The molecule has 3 rings (SSSR count). The van der Waals surface area contributed by atoms with Crippen LogP contribution < -0.4 is 4.72 Å². The van der Waals surface area contributed by atoms with Crippen LogP contribution in [0.25, 0.3) is 0 Å². The summed E-state index contributed by atoms with van der Waals surface area (Å²) in [6, 6.07) is 16.2. The summed E-state index contributed by atoms with van der Waals surface area (Å²) in [7, 11) is -2.09. The zero-order chi connectivity index (χ0) is 19.3. The largest absolute Gasteiger partial charge is 0.383 e. The van der Waals surface area contributed by atoms with E-state index in [0.29, 0.717) is 18.7 Å². The zero-order valence-electron chi connectivity index (χ0n) is 15.3. The smallest absolute Gasteiger partial charge is 0.254 e. The molecule has 1 N–H and O–H groups in total. The molecule has 2 aromatic carbocycles. The van der Waals surface area contributed by atoms with Gasteiger partial charge in [-0.05, 0) is 42.7 Å². The summed E-state index contributed by atoms with van der Waals surface area (Å²) in [4.78, 5) is 15.0. The normalized spacial score (nSPS) is 17.2. The molecule has 1 amide bonds. The first kappa shape index (κ1) is 19.5. The Morgan fingerprint density at radius 1 is 1.15 bits per heavy atom. The Hall–Kier alpha value is -2.22. The van der Waals surface area contributed by atoms with Crippen molar-refractivity contribution in [3.63, 3.8) is 0 Å². The van der Waals surface area contributed by atoms with Gasteiger partial charge in [-0.1, -0.05) is 30.3 Å². The second-order valence-corrected chi connectivity index (χ2v) is 8.25. The van der Waals surface area contributed by atoms with Gasteiger partial charge in [0, 0.05) is 25.8 Å². The summed E-state index contributed by atoms with van der Waals surface area (Å²) in [5.41, 5.74) is 1.62. The molecule has 1 saturated heterocycles. The second-order valence-electron chi connectivity index (χ2n) is 6.48. The summed E-state index contributed by atoms with van der Waals surface area (Å²) in [6.45, 7) is 1.20. The van der Waals surface area contributed by atoms with Crippen LogP contribution in [-0.2, 0) is 14.8 Å². The van der Waals surface area contributed by atoms with E-state index in [1.807, 2.05) is 35.2 Å². The molecule has 144 valence electrons. The van der Waals surface area contributed by atoms with Gasteiger partial charge in [0.2, 0.25) is 10.0 Å². The maximum atomic E-state index is 12.9. The summed E-state index contributed by atoms with van der Waals surface area (Å²) in [6.07, 6.45) is 1.90. The fourth-order valence-electron chi connectivity index (χ4n) is 3.34. The van der Waals surface area contributed by atoms with Crippen LogP contribution in [0.3, 0.4) is 0 Å². The predicted octanol–water partition coefficient (Wildman–Crippen LogP) is 2.59. The lowest BCUT2D eigenvalue weighted by Gasteiger charge is -2.25. The van der Waals surface area contributed by atoms with Crippen molar-refractivity contribution in [3.05, 3.63) is 65.7 Å². The number of amides is 1. The number of hydrogen-bond donors (Lipinski definition) is 1. The topological polar surface area (TPSA) is 75.7 Å². The molecule has 1 heterocycles. The number of sulfonamides is 1. The van der Waals surface area contributed by atoms with Crippen molar-refractivity contribution < 1.29 is 17.9 Å². The number of methoxy groups -OCH3 is 1. The number of ether oxygens (including phenoxy) is 1. The second kappa shape index (κ2) is 8.65. The monoisotopic (exact) mass is 388 g/mol. The van der Waals surface area contributed by atoms with Crippen LogP contribution >= 0.6 is 0 Å². The molecular weight excluding hydrogens is 364 g/mol. The van der Waals surface area contributed by atoms with Crippen LogP contribution in [0.5, 0.6) is 0 Å². The van der Waals surface area contributed by atoms with Gasteiger partial charge in [0.05, 0.1) is 17.5 Å². The third-order valence-corrected chi connectivity index (χ3v) is 6.18. The molecule has 27 heavy (non-hydrogen) atoms. The van der Waals surface area contributed by atoms with E-state index < -0.39 is 10.0 Å². The van der Waals surface area contributed by atoms with Gasteiger partial charge < -0.3 is 9.64 Å². The Morgan fingerprint density at radius 2 is 1.85 bits per heavy atom. The summed E-state index contributed by atoms with van der Waals surface area (Å²) >= 11 is 0. The molecule has 1 aliphatic heterocycles. The fourth-order valence-corrected chi connectivity index (χ4v) is 4.35. The molecule has 2 aromatic rings. The van der Waals surface area contributed by atoms with Gasteiger partial charge in [-0.3, -0.25) is 4.79 Å². The summed E-state index contributed by atoms with van der Waals surface area (Å²) in [5, 5.41) is 0. The van der Waals surface area contributed by atoms with Crippen LogP contribution in [0.15, 0.2) is 59.5 Å². The first-order valence-corrected chi connectivity index (χ1v) is 10.5. The van der Waals surface area contributed by atoms with Crippen molar-refractivity contribution in [2.24, 2.45) is 0 Å². The first-order valence-electron chi connectivity index (χ1n) is 8.97. The molecule has 0 unspecified atom stereocenters. The van der Waals surface area contributed by atoms with E-state index in [-0.39, 0.29) is 23.4 Å². The van der Waals surface area contributed by atoms with Gasteiger partial charge in [-0.25, -0.2) is 13.1 Å². The quantitative estimate of drug-likeness (QED) is 0.740. The molecular formula is C20H24N2O4S. The number of rotatable bonds is 7. The Morgan fingerprint density at radius 3 is 2.52 bits per heavy atom. The van der Waals surface area contributed by atoms with Crippen LogP contribution in [-0.4, -0.2) is 46.0 Å². The Bertz CT molecular complexity index is 867. The van der Waals surface area contributed by atoms with E-state index in [1.54, 1.807) is 12.1 Å². The van der Waals surface area contributed by atoms with E-state index in [2.05, 4.69) is 4.72 Å². The maximum Gasteiger partial charge on any atom is 0.254 e. The lowest BCUT2D eigenvalue weighted by molar-refractivity contribution is 0.0735. The van der Waals surface area contributed by atoms with Crippen molar-refractivity contribution in [2.75, 3.05) is 26.8 Å². The lowest BCUT2D eigenvalue weighted by Crippen LogP contribution is -2.30. The highest BCUT2D eigenvalue weighted by atomic mass is 32.2. The summed E-state index contributed by atoms with van der Waals surface area (Å²) in [5.74, 6) is -0.0716. The van der Waals surface area contributed by atoms with Crippen molar-refractivity contribution in [3.8, 4) is 0 Å². The minimum absolute atomic E-state index is 0.0674. The average molecular weight is 388 g/mol. The first-order chi connectivity index (χ1) is 13.0. The van der Waals surface area contributed by atoms with Gasteiger partial charge in [0.25, 0.3) is 5.91 Å². The molecule has 7 heteroatoms. The SMILES string of the molecule is COCCNS(=O)(=O)c1ccc(C(=O)N2CCC[C@H]2c2ccccc2)cc1. The van der Waals surface area contributed by atoms with Gasteiger partial charge in [0.1, 0.15) is 0 Å². The van der Waals surface area contributed by atoms with Crippen LogP contribution in [0.1, 0.15) is 34.8 Å². The van der Waals surface area contributed by atoms with Crippen LogP contribution in [0, 0.1) is 0 Å². The maximum absolute atomic E-state index is 12.9. The molecule has 0 aliphatic carbocycles. The molecule has 0 bridgehead atoms. The van der Waals surface area contributed by atoms with E-state index in [0.717, 1.165) is 18.4 Å². The number of carbonyl (C=O) groups excluding carboxylic acids is 1. The van der Waals surface area contributed by atoms with E-state index in [1.165, 1.54) is 19.2 Å². The van der Waals surface area contributed by atoms with Gasteiger partial charge in [-0.15, -0.1) is 0 Å². The van der Waals surface area contributed by atoms with Crippen LogP contribution in [0.2, 0.25) is 0 Å². The lowest BCUT2D eigenvalue weighted by atomic mass is 10.0. The third-order valence-electron chi connectivity index (χ3n) is 4.71. The molecule has 0 saturated carbocycles. The fraction of sp³-hybridized carbons (Fsp3) is 0.350. The third kappa shape index (κ3) is 4.55. The van der Waals surface area contributed by atoms with Crippen LogP contribution in [0.4, 0.5) is 0 Å². The molecule has 1 fully saturated rings. The van der Waals surface area contributed by atoms with Crippen molar-refractivity contribution in [1.29, 1.82) is 0 Å². The highest BCUT2D eigenvalue weighted by molar-refractivity contribution is 7.89. The number of benzene rings is 2. The van der Waals surface area contributed by atoms with Gasteiger partial charge in [-0.2, -0.15) is 0 Å². The number of likely N-dealkylation sites (tertiary alicyclic amines) is 1. The van der Waals surface area contributed by atoms with Crippen molar-refractivity contribution >= 4 is 15.9 Å².